The average molecular weight is 190 g/mol. The first kappa shape index (κ1) is 7.55. The molecular weight excluding hydrogens is 182 g/mol. The Kier molecular flexibility index (Phi) is 2.13. The van der Waals surface area contributed by atoms with Crippen molar-refractivity contribution in [2.45, 2.75) is 6.23 Å². The Morgan fingerprint density at radius 2 is 2.55 bits per heavy atom. The van der Waals surface area contributed by atoms with Gasteiger partial charge >= 0.3 is 0 Å². The molecule has 1 N–H and O–H groups in total. The van der Waals surface area contributed by atoms with E-state index in [1.54, 1.807) is 11.3 Å². The largest absolute Gasteiger partial charge is 0.357 e. The van der Waals surface area contributed by atoms with Crippen LogP contribution in [0.3, 0.4) is 0 Å². The Hall–Kier alpha value is -0.0900. The van der Waals surface area contributed by atoms with Gasteiger partial charge in [0.05, 0.1) is 10.9 Å². The predicted octanol–water partition coefficient (Wildman–Crippen LogP) is 2.02. The van der Waals surface area contributed by atoms with Crippen LogP contribution in [0.5, 0.6) is 0 Å². The van der Waals surface area contributed by atoms with E-state index < -0.39 is 0 Å². The first-order chi connectivity index (χ1) is 5.36. The summed E-state index contributed by atoms with van der Waals surface area (Å²) in [5.41, 5.74) is 0. The Balaban J connectivity index is 2.15. The van der Waals surface area contributed by atoms with Crippen LogP contribution >= 0.6 is 22.9 Å². The van der Waals surface area contributed by atoms with Gasteiger partial charge in [-0.3, -0.25) is 5.32 Å². The molecule has 0 aromatic carbocycles. The molecule has 0 spiro atoms. The van der Waals surface area contributed by atoms with E-state index in [0.717, 1.165) is 22.4 Å². The lowest BCUT2D eigenvalue weighted by atomic mass is 10.4. The fraction of sp³-hybridized carbons (Fsp3) is 0.429. The van der Waals surface area contributed by atoms with Gasteiger partial charge in [-0.05, 0) is 12.1 Å². The molecule has 1 aromatic heterocycles. The van der Waals surface area contributed by atoms with Gasteiger partial charge < -0.3 is 4.74 Å². The molecule has 1 saturated heterocycles. The van der Waals surface area contributed by atoms with E-state index in [0.29, 0.717) is 0 Å². The van der Waals surface area contributed by atoms with Crippen LogP contribution < -0.4 is 5.32 Å². The average Bonchev–Trinajstić information content (AvgIpc) is 2.55. The van der Waals surface area contributed by atoms with Crippen LogP contribution in [-0.2, 0) is 4.74 Å². The lowest BCUT2D eigenvalue weighted by molar-refractivity contribution is 0.105. The molecule has 1 atom stereocenters. The van der Waals surface area contributed by atoms with E-state index in [4.69, 9.17) is 16.3 Å². The molecule has 1 aromatic rings. The van der Waals surface area contributed by atoms with Gasteiger partial charge in [-0.2, -0.15) is 0 Å². The second kappa shape index (κ2) is 3.11. The molecule has 1 aliphatic rings. The lowest BCUT2D eigenvalue weighted by Crippen LogP contribution is -2.12. The van der Waals surface area contributed by atoms with E-state index in [2.05, 4.69) is 5.32 Å². The number of nitrogens with one attached hydrogen (secondary N) is 1. The Morgan fingerprint density at radius 1 is 1.64 bits per heavy atom. The van der Waals surface area contributed by atoms with Crippen molar-refractivity contribution in [3.05, 3.63) is 21.3 Å². The maximum atomic E-state index is 5.77. The minimum absolute atomic E-state index is 0.0764. The molecule has 2 rings (SSSR count). The molecule has 4 heteroatoms. The highest BCUT2D eigenvalue weighted by Gasteiger charge is 2.17. The van der Waals surface area contributed by atoms with Gasteiger partial charge in [0.1, 0.15) is 6.23 Å². The molecule has 2 heterocycles. The van der Waals surface area contributed by atoms with Crippen molar-refractivity contribution in [3.63, 3.8) is 0 Å². The van der Waals surface area contributed by atoms with Crippen LogP contribution in [0.25, 0.3) is 0 Å². The van der Waals surface area contributed by atoms with Crippen molar-refractivity contribution < 1.29 is 4.74 Å². The van der Waals surface area contributed by atoms with Crippen LogP contribution in [0.2, 0.25) is 4.34 Å². The summed E-state index contributed by atoms with van der Waals surface area (Å²) < 4.78 is 6.21. The fourth-order valence-electron chi connectivity index (χ4n) is 1.08. The fourth-order valence-corrected chi connectivity index (χ4v) is 2.16. The monoisotopic (exact) mass is 189 g/mol. The molecule has 0 radical (unpaired) electrons. The summed E-state index contributed by atoms with van der Waals surface area (Å²) in [6.45, 7) is 1.72. The number of thiophene rings is 1. The zero-order valence-corrected chi connectivity index (χ0v) is 7.41. The molecule has 11 heavy (non-hydrogen) atoms. The Labute approximate surface area is 74.1 Å². The minimum Gasteiger partial charge on any atom is -0.357 e. The molecular formula is C7H8ClNOS. The smallest absolute Gasteiger partial charge is 0.143 e. The lowest BCUT2D eigenvalue weighted by Gasteiger charge is -2.05. The normalized spacial score (nSPS) is 24.3. The summed E-state index contributed by atoms with van der Waals surface area (Å²) in [4.78, 5) is 1.16. The summed E-state index contributed by atoms with van der Waals surface area (Å²) in [5.74, 6) is 0. The topological polar surface area (TPSA) is 21.3 Å². The molecule has 0 aliphatic carbocycles. The molecule has 1 aliphatic heterocycles. The maximum Gasteiger partial charge on any atom is 0.143 e. The summed E-state index contributed by atoms with van der Waals surface area (Å²) in [7, 11) is 0. The third-order valence-electron chi connectivity index (χ3n) is 1.57. The SMILES string of the molecule is Clc1ccc(C2NCCO2)s1. The first-order valence-electron chi connectivity index (χ1n) is 3.46. The van der Waals surface area contributed by atoms with Crippen molar-refractivity contribution in [2.75, 3.05) is 13.2 Å². The van der Waals surface area contributed by atoms with E-state index in [-0.39, 0.29) is 6.23 Å². The van der Waals surface area contributed by atoms with Crippen molar-refractivity contribution in [3.8, 4) is 0 Å². The van der Waals surface area contributed by atoms with E-state index >= 15 is 0 Å². The summed E-state index contributed by atoms with van der Waals surface area (Å²) in [5, 5.41) is 3.22. The standard InChI is InChI=1S/C7H8ClNOS/c8-6-2-1-5(11-6)7-9-3-4-10-7/h1-2,7,9H,3-4H2. The summed E-state index contributed by atoms with van der Waals surface area (Å²) in [6.07, 6.45) is 0.0764. The molecule has 0 bridgehead atoms. The molecule has 2 nitrogen and oxygen atoms in total. The maximum absolute atomic E-state index is 5.77. The van der Waals surface area contributed by atoms with Crippen molar-refractivity contribution in [2.24, 2.45) is 0 Å². The number of ether oxygens (including phenoxy) is 1. The van der Waals surface area contributed by atoms with Gasteiger partial charge in [-0.15, -0.1) is 11.3 Å². The van der Waals surface area contributed by atoms with E-state index in [9.17, 15) is 0 Å². The summed E-state index contributed by atoms with van der Waals surface area (Å²) >= 11 is 7.34. The second-order valence-electron chi connectivity index (χ2n) is 2.35. The predicted molar refractivity (Wildman–Crippen MR) is 46.0 cm³/mol. The van der Waals surface area contributed by atoms with Gasteiger partial charge in [0.15, 0.2) is 0 Å². The van der Waals surface area contributed by atoms with Crippen LogP contribution in [0.1, 0.15) is 11.1 Å². The molecule has 60 valence electrons. The highest BCUT2D eigenvalue weighted by Crippen LogP contribution is 2.28. The number of hydrogen-bond donors (Lipinski definition) is 1. The van der Waals surface area contributed by atoms with Gasteiger partial charge in [0.25, 0.3) is 0 Å². The molecule has 0 amide bonds. The quantitative estimate of drug-likeness (QED) is 0.730. The van der Waals surface area contributed by atoms with Gasteiger partial charge in [0.2, 0.25) is 0 Å². The van der Waals surface area contributed by atoms with Crippen molar-refractivity contribution in [1.82, 2.24) is 5.32 Å². The van der Waals surface area contributed by atoms with Crippen LogP contribution in [0, 0.1) is 0 Å². The highest BCUT2D eigenvalue weighted by molar-refractivity contribution is 7.16. The second-order valence-corrected chi connectivity index (χ2v) is 4.09. The van der Waals surface area contributed by atoms with Gasteiger partial charge in [-0.25, -0.2) is 0 Å². The van der Waals surface area contributed by atoms with Gasteiger partial charge in [0, 0.05) is 11.4 Å². The zero-order chi connectivity index (χ0) is 7.68. The minimum atomic E-state index is 0.0764. The Morgan fingerprint density at radius 3 is 3.09 bits per heavy atom. The molecule has 1 fully saturated rings. The third kappa shape index (κ3) is 1.56. The first-order valence-corrected chi connectivity index (χ1v) is 4.66. The van der Waals surface area contributed by atoms with Crippen molar-refractivity contribution >= 4 is 22.9 Å². The third-order valence-corrected chi connectivity index (χ3v) is 2.84. The Bertz CT molecular complexity index is 244. The summed E-state index contributed by atoms with van der Waals surface area (Å²) in [6, 6.07) is 3.89. The highest BCUT2D eigenvalue weighted by atomic mass is 35.5. The van der Waals surface area contributed by atoms with Crippen LogP contribution in [-0.4, -0.2) is 13.2 Å². The van der Waals surface area contributed by atoms with Crippen LogP contribution in [0.15, 0.2) is 12.1 Å². The van der Waals surface area contributed by atoms with Crippen LogP contribution in [0.4, 0.5) is 0 Å². The number of halogens is 1. The molecule has 1 unspecified atom stereocenters. The van der Waals surface area contributed by atoms with E-state index in [1.165, 1.54) is 0 Å². The molecule has 0 saturated carbocycles. The number of rotatable bonds is 1. The number of hydrogen-bond acceptors (Lipinski definition) is 3. The van der Waals surface area contributed by atoms with E-state index in [1.807, 2.05) is 12.1 Å². The zero-order valence-electron chi connectivity index (χ0n) is 5.84. The van der Waals surface area contributed by atoms with Gasteiger partial charge in [-0.1, -0.05) is 11.6 Å². The van der Waals surface area contributed by atoms with Crippen molar-refractivity contribution in [1.29, 1.82) is 0 Å².